The molecule has 3 heteroatoms. The van der Waals surface area contributed by atoms with Crippen LogP contribution in [0.3, 0.4) is 0 Å². The maximum Gasteiger partial charge on any atom is 0.225 e. The van der Waals surface area contributed by atoms with E-state index in [0.29, 0.717) is 13.0 Å². The molecule has 2 saturated heterocycles. The molecule has 2 fully saturated rings. The molecule has 0 bridgehead atoms. The molecule has 0 spiro atoms. The molecule has 2 aliphatic rings. The molecule has 0 aromatic heterocycles. The normalized spacial score (nSPS) is 31.6. The van der Waals surface area contributed by atoms with Gasteiger partial charge in [0.1, 0.15) is 0 Å². The first kappa shape index (κ1) is 10.5. The van der Waals surface area contributed by atoms with Crippen molar-refractivity contribution in [2.24, 2.45) is 5.92 Å². The number of hydrogen-bond donors (Lipinski definition) is 0. The maximum absolute atomic E-state index is 12.0. The van der Waals surface area contributed by atoms with E-state index >= 15 is 0 Å². The Morgan fingerprint density at radius 2 is 2.12 bits per heavy atom. The summed E-state index contributed by atoms with van der Waals surface area (Å²) in [5.74, 6) is 0.405. The molecule has 0 unspecified atom stereocenters. The van der Waals surface area contributed by atoms with Gasteiger partial charge in [0.2, 0.25) is 5.91 Å². The van der Waals surface area contributed by atoms with Crippen LogP contribution in [0.4, 0.5) is 0 Å². The standard InChI is InChI=1S/C14H15NO2/c1-2-10-8-13(16)15-12(10)9-17-14(15)11-6-4-3-5-7-11/h2-7,10,12,14H,1,8-9H2/t10-,12+,14+/m0/s1. The molecule has 88 valence electrons. The smallest absolute Gasteiger partial charge is 0.225 e. The predicted molar refractivity (Wildman–Crippen MR) is 64.1 cm³/mol. The first-order chi connectivity index (χ1) is 8.31. The molecule has 2 heterocycles. The monoisotopic (exact) mass is 229 g/mol. The minimum atomic E-state index is -0.210. The number of rotatable bonds is 2. The molecule has 3 rings (SSSR count). The Hall–Kier alpha value is -1.61. The van der Waals surface area contributed by atoms with Gasteiger partial charge in [0.05, 0.1) is 12.6 Å². The van der Waals surface area contributed by atoms with Gasteiger partial charge in [-0.15, -0.1) is 6.58 Å². The van der Waals surface area contributed by atoms with Crippen molar-refractivity contribution in [2.45, 2.75) is 18.7 Å². The van der Waals surface area contributed by atoms with Crippen LogP contribution >= 0.6 is 0 Å². The predicted octanol–water partition coefficient (Wildman–Crippen LogP) is 2.12. The fourth-order valence-electron chi connectivity index (χ4n) is 2.73. The first-order valence-electron chi connectivity index (χ1n) is 5.91. The highest BCUT2D eigenvalue weighted by Gasteiger charge is 2.47. The van der Waals surface area contributed by atoms with Crippen LogP contribution in [-0.2, 0) is 9.53 Å². The van der Waals surface area contributed by atoms with E-state index < -0.39 is 0 Å². The Bertz CT molecular complexity index is 443. The van der Waals surface area contributed by atoms with Crippen molar-refractivity contribution in [1.29, 1.82) is 0 Å². The second-order valence-corrected chi connectivity index (χ2v) is 4.57. The quantitative estimate of drug-likeness (QED) is 0.727. The molecule has 2 aliphatic heterocycles. The van der Waals surface area contributed by atoms with E-state index in [0.717, 1.165) is 5.56 Å². The van der Waals surface area contributed by atoms with Crippen molar-refractivity contribution < 1.29 is 9.53 Å². The van der Waals surface area contributed by atoms with Crippen molar-refractivity contribution >= 4 is 5.91 Å². The maximum atomic E-state index is 12.0. The Labute approximate surface area is 101 Å². The van der Waals surface area contributed by atoms with Crippen LogP contribution in [0.5, 0.6) is 0 Å². The molecule has 1 aromatic rings. The van der Waals surface area contributed by atoms with Gasteiger partial charge in [0.15, 0.2) is 6.23 Å². The molecule has 0 aliphatic carbocycles. The van der Waals surface area contributed by atoms with Crippen LogP contribution in [0.25, 0.3) is 0 Å². The van der Waals surface area contributed by atoms with E-state index in [9.17, 15) is 4.79 Å². The fraction of sp³-hybridized carbons (Fsp3) is 0.357. The lowest BCUT2D eigenvalue weighted by Crippen LogP contribution is -2.32. The highest BCUT2D eigenvalue weighted by Crippen LogP contribution is 2.40. The summed E-state index contributed by atoms with van der Waals surface area (Å²) >= 11 is 0. The number of carbonyl (C=O) groups is 1. The third-order valence-corrected chi connectivity index (χ3v) is 3.61. The van der Waals surface area contributed by atoms with Crippen molar-refractivity contribution in [3.63, 3.8) is 0 Å². The Kier molecular flexibility index (Phi) is 2.48. The molecule has 0 N–H and O–H groups in total. The average Bonchev–Trinajstić information content (AvgIpc) is 2.92. The number of nitrogens with zero attached hydrogens (tertiary/aromatic N) is 1. The average molecular weight is 229 g/mol. The zero-order valence-corrected chi connectivity index (χ0v) is 9.58. The molecular weight excluding hydrogens is 214 g/mol. The number of amides is 1. The summed E-state index contributed by atoms with van der Waals surface area (Å²) in [5, 5.41) is 0. The van der Waals surface area contributed by atoms with Gasteiger partial charge >= 0.3 is 0 Å². The van der Waals surface area contributed by atoms with Gasteiger partial charge in [-0.1, -0.05) is 36.4 Å². The van der Waals surface area contributed by atoms with E-state index in [1.165, 1.54) is 0 Å². The number of benzene rings is 1. The topological polar surface area (TPSA) is 29.5 Å². The molecule has 3 atom stereocenters. The zero-order chi connectivity index (χ0) is 11.8. The summed E-state index contributed by atoms with van der Waals surface area (Å²) in [6.07, 6.45) is 2.24. The minimum absolute atomic E-state index is 0.171. The van der Waals surface area contributed by atoms with E-state index in [1.807, 2.05) is 41.3 Å². The number of ether oxygens (including phenoxy) is 1. The highest BCUT2D eigenvalue weighted by atomic mass is 16.5. The van der Waals surface area contributed by atoms with Crippen LogP contribution < -0.4 is 0 Å². The SMILES string of the molecule is C=C[C@H]1CC(=O)N2[C@@H](c3ccccc3)OC[C@H]12. The van der Waals surface area contributed by atoms with Crippen LogP contribution in [0.1, 0.15) is 18.2 Å². The number of carbonyl (C=O) groups excluding carboxylic acids is 1. The molecule has 3 nitrogen and oxygen atoms in total. The van der Waals surface area contributed by atoms with Crippen LogP contribution in [-0.4, -0.2) is 23.5 Å². The lowest BCUT2D eigenvalue weighted by atomic mass is 10.0. The van der Waals surface area contributed by atoms with E-state index in [4.69, 9.17) is 4.74 Å². The summed E-state index contributed by atoms with van der Waals surface area (Å²) in [4.78, 5) is 13.9. The largest absolute Gasteiger partial charge is 0.352 e. The van der Waals surface area contributed by atoms with Crippen molar-refractivity contribution in [2.75, 3.05) is 6.61 Å². The van der Waals surface area contributed by atoms with Gasteiger partial charge in [-0.05, 0) is 0 Å². The Morgan fingerprint density at radius 3 is 2.82 bits per heavy atom. The van der Waals surface area contributed by atoms with Crippen molar-refractivity contribution in [3.05, 3.63) is 48.6 Å². The van der Waals surface area contributed by atoms with Crippen molar-refractivity contribution in [1.82, 2.24) is 4.90 Å². The van der Waals surface area contributed by atoms with Gasteiger partial charge in [-0.3, -0.25) is 4.79 Å². The van der Waals surface area contributed by atoms with E-state index in [2.05, 4.69) is 6.58 Å². The molecule has 0 radical (unpaired) electrons. The summed E-state index contributed by atoms with van der Waals surface area (Å²) in [6.45, 7) is 4.41. The van der Waals surface area contributed by atoms with Crippen LogP contribution in [0, 0.1) is 5.92 Å². The highest BCUT2D eigenvalue weighted by molar-refractivity contribution is 5.80. The summed E-state index contributed by atoms with van der Waals surface area (Å²) < 4.78 is 5.77. The third kappa shape index (κ3) is 1.58. The molecule has 1 aromatic carbocycles. The molecule has 1 amide bonds. The number of fused-ring (bicyclic) bond motifs is 1. The van der Waals surface area contributed by atoms with Gasteiger partial charge < -0.3 is 9.64 Å². The van der Waals surface area contributed by atoms with Gasteiger partial charge in [-0.25, -0.2) is 0 Å². The van der Waals surface area contributed by atoms with Crippen LogP contribution in [0.15, 0.2) is 43.0 Å². The molecule has 0 saturated carbocycles. The van der Waals surface area contributed by atoms with Gasteiger partial charge in [0, 0.05) is 17.9 Å². The summed E-state index contributed by atoms with van der Waals surface area (Å²) in [6, 6.07) is 10.1. The minimum Gasteiger partial charge on any atom is -0.352 e. The van der Waals surface area contributed by atoms with Crippen molar-refractivity contribution in [3.8, 4) is 0 Å². The summed E-state index contributed by atoms with van der Waals surface area (Å²) in [5.41, 5.74) is 1.05. The van der Waals surface area contributed by atoms with E-state index in [-0.39, 0.29) is 24.1 Å². The van der Waals surface area contributed by atoms with E-state index in [1.54, 1.807) is 0 Å². The van der Waals surface area contributed by atoms with Gasteiger partial charge in [0.25, 0.3) is 0 Å². The third-order valence-electron chi connectivity index (χ3n) is 3.61. The number of hydrogen-bond acceptors (Lipinski definition) is 2. The lowest BCUT2D eigenvalue weighted by Gasteiger charge is -2.23. The second kappa shape index (κ2) is 4.00. The molecular formula is C14H15NO2. The first-order valence-corrected chi connectivity index (χ1v) is 5.91. The lowest BCUT2D eigenvalue weighted by molar-refractivity contribution is -0.134. The molecule has 17 heavy (non-hydrogen) atoms. The van der Waals surface area contributed by atoms with Gasteiger partial charge in [-0.2, -0.15) is 0 Å². The van der Waals surface area contributed by atoms with Crippen LogP contribution in [0.2, 0.25) is 0 Å². The Morgan fingerprint density at radius 1 is 1.35 bits per heavy atom. The second-order valence-electron chi connectivity index (χ2n) is 4.57. The zero-order valence-electron chi connectivity index (χ0n) is 9.58. The fourth-order valence-corrected chi connectivity index (χ4v) is 2.73. The Balaban J connectivity index is 1.91. The summed E-state index contributed by atoms with van der Waals surface area (Å²) in [7, 11) is 0.